The molecule has 4 aromatic rings. The zero-order valence-electron chi connectivity index (χ0n) is 18.4. The van der Waals surface area contributed by atoms with Crippen molar-refractivity contribution in [3.63, 3.8) is 0 Å². The zero-order chi connectivity index (χ0) is 23.4. The first-order chi connectivity index (χ1) is 15.7. The molecule has 3 heterocycles. The van der Waals surface area contributed by atoms with E-state index in [0.29, 0.717) is 41.4 Å². The number of aromatic nitrogens is 5. The Morgan fingerprint density at radius 1 is 1.21 bits per heavy atom. The summed E-state index contributed by atoms with van der Waals surface area (Å²) < 4.78 is 52.3. The molecule has 0 atom stereocenters. The van der Waals surface area contributed by atoms with E-state index in [4.69, 9.17) is 4.74 Å². The Labute approximate surface area is 190 Å². The highest BCUT2D eigenvalue weighted by Gasteiger charge is 2.44. The normalized spacial score (nSPS) is 20.5. The van der Waals surface area contributed by atoms with Crippen molar-refractivity contribution in [2.24, 2.45) is 13.0 Å². The number of methoxy groups -OCH3 is 1. The molecule has 1 saturated carbocycles. The Morgan fingerprint density at radius 2 is 2.00 bits per heavy atom. The smallest absolute Gasteiger partial charge is 0.265 e. The number of aryl methyl sites for hydroxylation is 1. The molecule has 0 aliphatic heterocycles. The van der Waals surface area contributed by atoms with Crippen molar-refractivity contribution in [3.05, 3.63) is 54.6 Å². The highest BCUT2D eigenvalue weighted by atomic mass is 32.2. The summed E-state index contributed by atoms with van der Waals surface area (Å²) in [5.74, 6) is 1.04. The number of pyridine rings is 1. The van der Waals surface area contributed by atoms with Crippen LogP contribution in [-0.4, -0.2) is 40.1 Å². The summed E-state index contributed by atoms with van der Waals surface area (Å²) in [5.41, 5.74) is 0.0132. The lowest BCUT2D eigenvalue weighted by atomic mass is 9.70. The fourth-order valence-corrected chi connectivity index (χ4v) is 5.39. The molecule has 0 bridgehead atoms. The van der Waals surface area contributed by atoms with Gasteiger partial charge in [0.2, 0.25) is 0 Å². The summed E-state index contributed by atoms with van der Waals surface area (Å²) in [6, 6.07) is 6.74. The van der Waals surface area contributed by atoms with Crippen molar-refractivity contribution in [1.82, 2.24) is 24.5 Å². The highest BCUT2D eigenvalue weighted by molar-refractivity contribution is 7.92. The number of rotatable bonds is 6. The molecular weight excluding hydrogens is 447 g/mol. The van der Waals surface area contributed by atoms with Crippen molar-refractivity contribution in [3.8, 4) is 11.6 Å². The number of benzene rings is 1. The van der Waals surface area contributed by atoms with Crippen molar-refractivity contribution in [2.75, 3.05) is 11.8 Å². The second kappa shape index (κ2) is 7.55. The number of sulfonamides is 1. The Balaban J connectivity index is 1.48. The van der Waals surface area contributed by atoms with E-state index in [-0.39, 0.29) is 10.6 Å². The van der Waals surface area contributed by atoms with Gasteiger partial charge in [-0.15, -0.1) is 0 Å². The molecule has 0 amide bonds. The van der Waals surface area contributed by atoms with Crippen molar-refractivity contribution >= 4 is 26.6 Å². The summed E-state index contributed by atoms with van der Waals surface area (Å²) in [6.07, 6.45) is 6.64. The van der Waals surface area contributed by atoms with E-state index in [2.05, 4.69) is 19.9 Å². The average Bonchev–Trinajstić information content (AvgIpc) is 3.41. The molecule has 172 valence electrons. The van der Waals surface area contributed by atoms with Crippen LogP contribution in [0.4, 0.5) is 10.1 Å². The lowest BCUT2D eigenvalue weighted by Crippen LogP contribution is -2.35. The van der Waals surface area contributed by atoms with E-state index < -0.39 is 15.7 Å². The number of anilines is 1. The van der Waals surface area contributed by atoms with Gasteiger partial charge in [0, 0.05) is 18.6 Å². The largest absolute Gasteiger partial charge is 0.494 e. The number of hydrogen-bond acceptors (Lipinski definition) is 6. The van der Waals surface area contributed by atoms with Crippen LogP contribution in [0.2, 0.25) is 0 Å². The maximum atomic E-state index is 15.0. The van der Waals surface area contributed by atoms with Gasteiger partial charge in [-0.2, -0.15) is 10.2 Å². The van der Waals surface area contributed by atoms with Crippen LogP contribution in [0.1, 0.15) is 25.3 Å². The van der Waals surface area contributed by atoms with Crippen LogP contribution in [0.25, 0.3) is 16.7 Å². The van der Waals surface area contributed by atoms with E-state index in [1.165, 1.54) is 30.4 Å². The van der Waals surface area contributed by atoms with Crippen LogP contribution >= 0.6 is 0 Å². The molecule has 0 radical (unpaired) electrons. The van der Waals surface area contributed by atoms with Crippen LogP contribution in [-0.2, 0) is 22.7 Å². The Bertz CT molecular complexity index is 1460. The molecule has 0 saturated heterocycles. The molecule has 9 nitrogen and oxygen atoms in total. The van der Waals surface area contributed by atoms with E-state index in [1.807, 2.05) is 6.92 Å². The lowest BCUT2D eigenvalue weighted by Gasteiger charge is -2.40. The molecule has 11 heteroatoms. The molecule has 1 fully saturated rings. The fourth-order valence-electron chi connectivity index (χ4n) is 4.38. The van der Waals surface area contributed by atoms with Gasteiger partial charge in [0.05, 0.1) is 31.2 Å². The minimum absolute atomic E-state index is 0.0665. The quantitative estimate of drug-likeness (QED) is 0.462. The molecular formula is C22H23FN6O3S. The Kier molecular flexibility index (Phi) is 4.89. The first-order valence-corrected chi connectivity index (χ1v) is 11.9. The standard InChI is InChI=1S/C22H23FN6O3S/c1-14-9-22(23,10-14)16-6-7-24-19(8-16)29-13-17(12-26-29)33(30,31)27-20-18(32-3)5-4-15-11-25-28(2)21(15)20/h4-8,11-14,27H,9-10H2,1-3H3. The van der Waals surface area contributed by atoms with E-state index >= 15 is 4.39 Å². The van der Waals surface area contributed by atoms with E-state index in [9.17, 15) is 8.42 Å². The van der Waals surface area contributed by atoms with Crippen LogP contribution < -0.4 is 9.46 Å². The number of nitrogens with one attached hydrogen (secondary N) is 1. The van der Waals surface area contributed by atoms with Gasteiger partial charge in [-0.3, -0.25) is 9.40 Å². The number of ether oxygens (including phenoxy) is 1. The second-order valence-corrected chi connectivity index (χ2v) is 10.1. The second-order valence-electron chi connectivity index (χ2n) is 8.46. The number of nitrogens with zero attached hydrogens (tertiary/aromatic N) is 5. The SMILES string of the molecule is COc1ccc2cnn(C)c2c1NS(=O)(=O)c1cnn(-c2cc(C3(F)CC(C)C3)ccn2)c1. The van der Waals surface area contributed by atoms with Crippen molar-refractivity contribution in [1.29, 1.82) is 0 Å². The maximum Gasteiger partial charge on any atom is 0.265 e. The lowest BCUT2D eigenvalue weighted by molar-refractivity contribution is 0.0113. The van der Waals surface area contributed by atoms with Gasteiger partial charge in [-0.1, -0.05) is 6.92 Å². The third kappa shape index (κ3) is 3.62. The molecule has 33 heavy (non-hydrogen) atoms. The van der Waals surface area contributed by atoms with Crippen molar-refractivity contribution in [2.45, 2.75) is 30.3 Å². The minimum atomic E-state index is -4.01. The molecule has 0 spiro atoms. The van der Waals surface area contributed by atoms with Gasteiger partial charge < -0.3 is 4.74 Å². The van der Waals surface area contributed by atoms with E-state index in [1.54, 1.807) is 42.2 Å². The Hall–Kier alpha value is -3.47. The first-order valence-electron chi connectivity index (χ1n) is 10.4. The molecule has 1 aliphatic carbocycles. The van der Waals surface area contributed by atoms with Gasteiger partial charge in [0.25, 0.3) is 10.0 Å². The number of halogens is 1. The van der Waals surface area contributed by atoms with Crippen LogP contribution in [0.3, 0.4) is 0 Å². The number of fused-ring (bicyclic) bond motifs is 1. The van der Waals surface area contributed by atoms with Crippen LogP contribution in [0, 0.1) is 5.92 Å². The highest BCUT2D eigenvalue weighted by Crippen LogP contribution is 2.48. The van der Waals surface area contributed by atoms with Gasteiger partial charge in [0.15, 0.2) is 5.82 Å². The monoisotopic (exact) mass is 470 g/mol. The summed E-state index contributed by atoms with van der Waals surface area (Å²) in [5, 5.41) is 9.11. The van der Waals surface area contributed by atoms with Gasteiger partial charge in [0.1, 0.15) is 22.0 Å². The third-order valence-electron chi connectivity index (χ3n) is 6.03. The summed E-state index contributed by atoms with van der Waals surface area (Å²) >= 11 is 0. The predicted molar refractivity (Wildman–Crippen MR) is 121 cm³/mol. The molecule has 3 aromatic heterocycles. The number of hydrogen-bond donors (Lipinski definition) is 1. The minimum Gasteiger partial charge on any atom is -0.494 e. The van der Waals surface area contributed by atoms with Gasteiger partial charge >= 0.3 is 0 Å². The number of alkyl halides is 1. The molecule has 0 unspecified atom stereocenters. The maximum absolute atomic E-state index is 15.0. The third-order valence-corrected chi connectivity index (χ3v) is 7.34. The van der Waals surface area contributed by atoms with Crippen molar-refractivity contribution < 1.29 is 17.5 Å². The summed E-state index contributed by atoms with van der Waals surface area (Å²) in [7, 11) is -0.831. The van der Waals surface area contributed by atoms with Crippen LogP contribution in [0.15, 0.2) is 53.9 Å². The van der Waals surface area contributed by atoms with Gasteiger partial charge in [-0.05, 0) is 48.6 Å². The topological polar surface area (TPSA) is 104 Å². The van der Waals surface area contributed by atoms with Gasteiger partial charge in [-0.25, -0.2) is 22.5 Å². The van der Waals surface area contributed by atoms with Crippen LogP contribution in [0.5, 0.6) is 5.75 Å². The fraction of sp³-hybridized carbons (Fsp3) is 0.318. The Morgan fingerprint density at radius 3 is 2.73 bits per heavy atom. The average molecular weight is 471 g/mol. The van der Waals surface area contributed by atoms with E-state index in [0.717, 1.165) is 5.39 Å². The zero-order valence-corrected chi connectivity index (χ0v) is 19.2. The molecule has 1 aromatic carbocycles. The summed E-state index contributed by atoms with van der Waals surface area (Å²) in [4.78, 5) is 4.17. The first kappa shape index (κ1) is 21.4. The molecule has 1 N–H and O–H groups in total. The molecule has 1 aliphatic rings. The molecule has 5 rings (SSSR count). The predicted octanol–water partition coefficient (Wildman–Crippen LogP) is 3.56. The summed E-state index contributed by atoms with van der Waals surface area (Å²) in [6.45, 7) is 2.01.